The van der Waals surface area contributed by atoms with Gasteiger partial charge in [-0.2, -0.15) is 19.4 Å². The lowest BCUT2D eigenvalue weighted by atomic mass is 10.0. The maximum atomic E-state index is 14.7. The zero-order chi connectivity index (χ0) is 42.9. The highest BCUT2D eigenvalue weighted by molar-refractivity contribution is 7.52. The Balaban J connectivity index is 1.30. The third-order valence-corrected chi connectivity index (χ3v) is 12.2. The number of nitrogens with zero attached hydrogens (tertiary/aromatic N) is 4. The predicted molar refractivity (Wildman–Crippen MR) is 236 cm³/mol. The second-order valence-electron chi connectivity index (χ2n) is 15.5. The Morgan fingerprint density at radius 3 is 2.02 bits per heavy atom. The largest absolute Gasteiger partial charge is 0.465 e. The van der Waals surface area contributed by atoms with Crippen LogP contribution in [0.3, 0.4) is 0 Å². The maximum absolute atomic E-state index is 14.7. The highest BCUT2D eigenvalue weighted by Crippen LogP contribution is 2.46. The number of carbonyl (C=O) groups is 1. The van der Waals surface area contributed by atoms with Gasteiger partial charge in [0.25, 0.3) is 0 Å². The lowest BCUT2D eigenvalue weighted by molar-refractivity contribution is -0.146. The number of anilines is 1. The molecule has 0 spiro atoms. The molecule has 4 rings (SSSR count). The van der Waals surface area contributed by atoms with E-state index in [1.54, 1.807) is 34.9 Å². The second kappa shape index (κ2) is 26.8. The Bertz CT molecular complexity index is 1910. The third kappa shape index (κ3) is 17.0. The number of halogens is 1. The monoisotopic (exact) mass is 848 g/mol. The second-order valence-corrected chi connectivity index (χ2v) is 17.1. The van der Waals surface area contributed by atoms with Crippen molar-refractivity contribution in [2.45, 2.75) is 147 Å². The van der Waals surface area contributed by atoms with Gasteiger partial charge in [0, 0.05) is 20.1 Å². The number of para-hydroxylation sites is 1. The Labute approximate surface area is 356 Å². The quantitative estimate of drug-likeness (QED) is 0.0159. The van der Waals surface area contributed by atoms with Crippen LogP contribution in [0.4, 0.5) is 10.2 Å². The number of rotatable bonds is 32. The van der Waals surface area contributed by atoms with Crippen molar-refractivity contribution < 1.29 is 32.3 Å². The van der Waals surface area contributed by atoms with Crippen LogP contribution in [0.5, 0.6) is 5.75 Å². The summed E-state index contributed by atoms with van der Waals surface area (Å²) in [4.78, 5) is 25.3. The molecule has 3 N–H and O–H groups in total. The van der Waals surface area contributed by atoms with Crippen molar-refractivity contribution in [1.29, 1.82) is 0 Å². The standard InChI is InChI=1S/C46H66FN6O6P/c1-4-6-7-8-9-10-11-12-13-14-15-16-17-18-19-20-27-34-57-44(54)40(35-38-28-23-21-24-29-38)52-60(55,59-39-30-25-22-26-31-39)58-36-46(5-2,56-3)32-33-53-37-49-41-42(48)50-45(47)51-43(41)53/h2,21-26,28-31,37,40H,4,6-20,27,32-36H2,1,3H3,(H,52,55)(H2,48,50,51)/t40-,46-,60?/m0/s1. The smallest absolute Gasteiger partial charge is 0.459 e. The molecular weight excluding hydrogens is 783 g/mol. The molecule has 0 aliphatic heterocycles. The molecule has 2 heterocycles. The maximum Gasteiger partial charge on any atom is 0.459 e. The summed E-state index contributed by atoms with van der Waals surface area (Å²) in [6, 6.07) is 16.8. The molecule has 0 aliphatic rings. The molecule has 0 amide bonds. The van der Waals surface area contributed by atoms with Gasteiger partial charge in [-0.15, -0.1) is 6.42 Å². The molecule has 0 fully saturated rings. The Morgan fingerprint density at radius 1 is 0.883 bits per heavy atom. The first kappa shape index (κ1) is 48.3. The van der Waals surface area contributed by atoms with Crippen LogP contribution >= 0.6 is 7.75 Å². The zero-order valence-electron chi connectivity index (χ0n) is 35.7. The van der Waals surface area contributed by atoms with Gasteiger partial charge in [0.15, 0.2) is 17.1 Å². The lowest BCUT2D eigenvalue weighted by Crippen LogP contribution is -2.41. The molecule has 0 radical (unpaired) electrons. The summed E-state index contributed by atoms with van der Waals surface area (Å²) < 4.78 is 53.9. The number of hydrogen-bond donors (Lipinski definition) is 2. The molecule has 3 atom stereocenters. The highest BCUT2D eigenvalue weighted by Gasteiger charge is 2.39. The fraction of sp³-hybridized carbons (Fsp3) is 0.565. The number of esters is 1. The highest BCUT2D eigenvalue weighted by atomic mass is 31.2. The van der Waals surface area contributed by atoms with Crippen LogP contribution in [0.1, 0.15) is 128 Å². The molecule has 14 heteroatoms. The number of methoxy groups -OCH3 is 1. The number of nitrogens with one attached hydrogen (secondary N) is 1. The van der Waals surface area contributed by atoms with E-state index in [4.69, 9.17) is 30.7 Å². The predicted octanol–water partition coefficient (Wildman–Crippen LogP) is 10.6. The zero-order valence-corrected chi connectivity index (χ0v) is 36.6. The van der Waals surface area contributed by atoms with Gasteiger partial charge in [-0.1, -0.05) is 164 Å². The van der Waals surface area contributed by atoms with E-state index in [1.165, 1.54) is 103 Å². The van der Waals surface area contributed by atoms with Gasteiger partial charge in [0.2, 0.25) is 0 Å². The van der Waals surface area contributed by atoms with Gasteiger partial charge in [-0.25, -0.2) is 9.55 Å². The number of ether oxygens (including phenoxy) is 2. The molecule has 1 unspecified atom stereocenters. The van der Waals surface area contributed by atoms with Crippen LogP contribution in [0.25, 0.3) is 11.2 Å². The van der Waals surface area contributed by atoms with Crippen molar-refractivity contribution in [3.63, 3.8) is 0 Å². The van der Waals surface area contributed by atoms with E-state index in [9.17, 15) is 13.8 Å². The number of fused-ring (bicyclic) bond motifs is 1. The Morgan fingerprint density at radius 2 is 1.45 bits per heavy atom. The molecule has 0 saturated heterocycles. The molecule has 4 aromatic rings. The molecular formula is C46H66FN6O6P. The van der Waals surface area contributed by atoms with Crippen LogP contribution in [0.15, 0.2) is 67.0 Å². The van der Waals surface area contributed by atoms with Crippen molar-refractivity contribution in [1.82, 2.24) is 24.6 Å². The fourth-order valence-electron chi connectivity index (χ4n) is 7.03. The number of aromatic nitrogens is 4. The van der Waals surface area contributed by atoms with E-state index in [0.29, 0.717) is 0 Å². The van der Waals surface area contributed by atoms with Crippen LogP contribution < -0.4 is 15.3 Å². The number of imidazole rings is 1. The minimum absolute atomic E-state index is 0.0941. The van der Waals surface area contributed by atoms with Gasteiger partial charge >= 0.3 is 19.8 Å². The Kier molecular flexibility index (Phi) is 21.6. The molecule has 12 nitrogen and oxygen atoms in total. The molecule has 0 aliphatic carbocycles. The topological polar surface area (TPSA) is 153 Å². The van der Waals surface area contributed by atoms with Crippen LogP contribution in [0.2, 0.25) is 0 Å². The average molecular weight is 849 g/mol. The molecule has 328 valence electrons. The summed E-state index contributed by atoms with van der Waals surface area (Å²) in [6.07, 6.45) is 28.1. The number of aryl methyl sites for hydroxylation is 1. The summed E-state index contributed by atoms with van der Waals surface area (Å²) in [6.45, 7) is 2.26. The first-order valence-corrected chi connectivity index (χ1v) is 23.4. The summed E-state index contributed by atoms with van der Waals surface area (Å²) >= 11 is 0. The molecule has 60 heavy (non-hydrogen) atoms. The molecule has 2 aromatic carbocycles. The number of nitrogens with two attached hydrogens (primary N) is 1. The minimum atomic E-state index is -4.36. The van der Waals surface area contributed by atoms with Crippen LogP contribution in [0, 0.1) is 18.4 Å². The number of carbonyl (C=O) groups excluding carboxylic acids is 1. The van der Waals surface area contributed by atoms with Gasteiger partial charge in [0.05, 0.1) is 19.5 Å². The first-order valence-electron chi connectivity index (χ1n) is 21.8. The van der Waals surface area contributed by atoms with Crippen molar-refractivity contribution in [3.8, 4) is 18.1 Å². The van der Waals surface area contributed by atoms with Crippen LogP contribution in [-0.4, -0.2) is 57.5 Å². The number of nitrogen functional groups attached to an aromatic ring is 1. The third-order valence-electron chi connectivity index (χ3n) is 10.7. The van der Waals surface area contributed by atoms with Crippen LogP contribution in [-0.2, 0) is 36.3 Å². The lowest BCUT2D eigenvalue weighted by Gasteiger charge is -2.30. The van der Waals surface area contributed by atoms with Crippen molar-refractivity contribution in [2.24, 2.45) is 0 Å². The number of benzene rings is 2. The SMILES string of the molecule is C#C[C@](CCn1cnc2c(N)nc(F)nc21)(COP(=O)(N[C@@H](Cc1ccccc1)C(=O)OCCCCCCCCCCCCCCCCCCC)Oc1ccccc1)OC. The normalized spacial score (nSPS) is 14.0. The van der Waals surface area contributed by atoms with Gasteiger partial charge < -0.3 is 24.3 Å². The van der Waals surface area contributed by atoms with E-state index >= 15 is 0 Å². The van der Waals surface area contributed by atoms with Gasteiger partial charge in [0.1, 0.15) is 17.3 Å². The first-order chi connectivity index (χ1) is 29.2. The molecule has 0 saturated carbocycles. The summed E-state index contributed by atoms with van der Waals surface area (Å²) in [5, 5.41) is 2.89. The summed E-state index contributed by atoms with van der Waals surface area (Å²) in [7, 11) is -2.95. The van der Waals surface area contributed by atoms with E-state index in [-0.39, 0.29) is 48.7 Å². The molecule has 0 bridgehead atoms. The van der Waals surface area contributed by atoms with E-state index in [0.717, 1.165) is 24.8 Å². The average Bonchev–Trinajstić information content (AvgIpc) is 3.67. The molecule has 2 aromatic heterocycles. The van der Waals surface area contributed by atoms with Gasteiger partial charge in [-0.3, -0.25) is 9.32 Å². The fourth-order valence-corrected chi connectivity index (χ4v) is 8.57. The van der Waals surface area contributed by atoms with Crippen molar-refractivity contribution in [3.05, 3.63) is 78.6 Å². The number of hydrogen-bond acceptors (Lipinski definition) is 10. The van der Waals surface area contributed by atoms with Gasteiger partial charge in [-0.05, 0) is 30.5 Å². The van der Waals surface area contributed by atoms with E-state index < -0.39 is 38.0 Å². The van der Waals surface area contributed by atoms with Crippen molar-refractivity contribution >= 4 is 30.7 Å². The Hall–Kier alpha value is -4.34. The summed E-state index contributed by atoms with van der Waals surface area (Å²) in [5.74, 6) is 2.19. The minimum Gasteiger partial charge on any atom is -0.465 e. The van der Waals surface area contributed by atoms with Crippen molar-refractivity contribution in [2.75, 3.05) is 26.1 Å². The summed E-state index contributed by atoms with van der Waals surface area (Å²) in [5.41, 5.74) is 5.64. The number of terminal acetylenes is 1. The van der Waals surface area contributed by atoms with E-state index in [1.807, 2.05) is 30.3 Å². The number of unbranched alkanes of at least 4 members (excludes halogenated alkanes) is 16. The van der Waals surface area contributed by atoms with E-state index in [2.05, 4.69) is 32.9 Å².